The van der Waals surface area contributed by atoms with E-state index in [1.165, 1.54) is 6.42 Å². The van der Waals surface area contributed by atoms with Crippen LogP contribution in [-0.4, -0.2) is 30.6 Å². The van der Waals surface area contributed by atoms with Crippen LogP contribution in [0.4, 0.5) is 5.69 Å². The third kappa shape index (κ3) is 4.32. The van der Waals surface area contributed by atoms with Gasteiger partial charge in [-0.05, 0) is 55.4 Å². The number of para-hydroxylation sites is 1. The number of nitrogens with zero attached hydrogens (tertiary/aromatic N) is 1. The second-order valence-corrected chi connectivity index (χ2v) is 5.85. The summed E-state index contributed by atoms with van der Waals surface area (Å²) in [7, 11) is 2.19. The second kappa shape index (κ2) is 6.41. The molecule has 1 aromatic rings. The molecule has 0 atom stereocenters. The van der Waals surface area contributed by atoms with Crippen LogP contribution >= 0.6 is 15.9 Å². The molecule has 0 aliphatic heterocycles. The van der Waals surface area contributed by atoms with E-state index in [1.54, 1.807) is 0 Å². The second-order valence-electron chi connectivity index (χ2n) is 4.99. The molecule has 2 nitrogen and oxygen atoms in total. The van der Waals surface area contributed by atoms with Crippen LogP contribution in [0.3, 0.4) is 0 Å². The van der Waals surface area contributed by atoms with Crippen molar-refractivity contribution >= 4 is 21.6 Å². The first-order valence-corrected chi connectivity index (χ1v) is 6.96. The number of halogens is 1. The molecule has 0 bridgehead atoms. The van der Waals surface area contributed by atoms with E-state index in [-0.39, 0.29) is 5.54 Å². The molecule has 0 fully saturated rings. The van der Waals surface area contributed by atoms with Crippen molar-refractivity contribution in [3.8, 4) is 0 Å². The molecule has 0 saturated carbocycles. The molecule has 0 unspecified atom stereocenters. The summed E-state index contributed by atoms with van der Waals surface area (Å²) in [5.41, 5.74) is 1.44. The Morgan fingerprint density at radius 2 is 1.94 bits per heavy atom. The van der Waals surface area contributed by atoms with Crippen molar-refractivity contribution in [2.45, 2.75) is 32.7 Å². The number of nitrogens with one attached hydrogen (secondary N) is 1. The molecule has 0 spiro atoms. The van der Waals surface area contributed by atoms with Crippen molar-refractivity contribution in [2.75, 3.05) is 25.5 Å². The summed E-state index contributed by atoms with van der Waals surface area (Å²) in [5, 5.41) is 3.45. The first-order chi connectivity index (χ1) is 7.97. The highest BCUT2D eigenvalue weighted by Crippen LogP contribution is 2.21. The van der Waals surface area contributed by atoms with Crippen molar-refractivity contribution in [2.24, 2.45) is 0 Å². The zero-order chi connectivity index (χ0) is 12.9. The van der Waals surface area contributed by atoms with Gasteiger partial charge in [0, 0.05) is 28.8 Å². The Hall–Kier alpha value is -0.540. The minimum atomic E-state index is 0.273. The standard InChI is InChI=1S/C14H23BrN2/c1-5-14(2,3)17(4)11-10-16-13-9-7-6-8-12(13)15/h6-9,16H,5,10-11H2,1-4H3. The van der Waals surface area contributed by atoms with Crippen molar-refractivity contribution in [3.05, 3.63) is 28.7 Å². The molecule has 96 valence electrons. The number of rotatable bonds is 6. The van der Waals surface area contributed by atoms with Crippen LogP contribution in [0.2, 0.25) is 0 Å². The highest BCUT2D eigenvalue weighted by molar-refractivity contribution is 9.10. The summed E-state index contributed by atoms with van der Waals surface area (Å²) < 4.78 is 1.12. The molecule has 1 rings (SSSR count). The van der Waals surface area contributed by atoms with Crippen molar-refractivity contribution in [1.29, 1.82) is 0 Å². The maximum absolute atomic E-state index is 3.54. The van der Waals surface area contributed by atoms with E-state index < -0.39 is 0 Å². The van der Waals surface area contributed by atoms with Gasteiger partial charge in [0.15, 0.2) is 0 Å². The quantitative estimate of drug-likeness (QED) is 0.854. The predicted molar refractivity (Wildman–Crippen MR) is 79.6 cm³/mol. The lowest BCUT2D eigenvalue weighted by atomic mass is 10.0. The fourth-order valence-corrected chi connectivity index (χ4v) is 1.96. The average molecular weight is 299 g/mol. The van der Waals surface area contributed by atoms with Crippen molar-refractivity contribution < 1.29 is 0 Å². The third-order valence-electron chi connectivity index (χ3n) is 3.54. The molecule has 0 radical (unpaired) electrons. The first-order valence-electron chi connectivity index (χ1n) is 6.17. The topological polar surface area (TPSA) is 15.3 Å². The maximum Gasteiger partial charge on any atom is 0.0485 e. The van der Waals surface area contributed by atoms with Crippen LogP contribution in [-0.2, 0) is 0 Å². The van der Waals surface area contributed by atoms with Crippen LogP contribution in [0.5, 0.6) is 0 Å². The molecule has 0 amide bonds. The molecule has 0 saturated heterocycles. The highest BCUT2D eigenvalue weighted by Gasteiger charge is 2.20. The molecule has 1 N–H and O–H groups in total. The van der Waals surface area contributed by atoms with Crippen LogP contribution in [0.15, 0.2) is 28.7 Å². The minimum absolute atomic E-state index is 0.273. The van der Waals surface area contributed by atoms with E-state index in [0.717, 1.165) is 23.2 Å². The Kier molecular flexibility index (Phi) is 5.47. The summed E-state index contributed by atoms with van der Waals surface area (Å²) in [4.78, 5) is 2.40. The van der Waals surface area contributed by atoms with E-state index in [4.69, 9.17) is 0 Å². The molecule has 0 aliphatic rings. The van der Waals surface area contributed by atoms with Crippen LogP contribution < -0.4 is 5.32 Å². The summed E-state index contributed by atoms with van der Waals surface area (Å²) in [5.74, 6) is 0. The number of benzene rings is 1. The predicted octanol–water partition coefficient (Wildman–Crippen LogP) is 3.98. The maximum atomic E-state index is 3.54. The van der Waals surface area contributed by atoms with Crippen LogP contribution in [0.1, 0.15) is 27.2 Å². The smallest absolute Gasteiger partial charge is 0.0485 e. The number of anilines is 1. The fraction of sp³-hybridized carbons (Fsp3) is 0.571. The zero-order valence-corrected chi connectivity index (χ0v) is 12.8. The summed E-state index contributed by atoms with van der Waals surface area (Å²) >= 11 is 3.54. The first kappa shape index (κ1) is 14.5. The van der Waals surface area contributed by atoms with Crippen LogP contribution in [0, 0.1) is 0 Å². The van der Waals surface area contributed by atoms with E-state index in [2.05, 4.69) is 66.1 Å². The largest absolute Gasteiger partial charge is 0.383 e. The SMILES string of the molecule is CCC(C)(C)N(C)CCNc1ccccc1Br. The van der Waals surface area contributed by atoms with E-state index in [1.807, 2.05) is 12.1 Å². The minimum Gasteiger partial charge on any atom is -0.383 e. The summed E-state index contributed by atoms with van der Waals surface area (Å²) in [6.07, 6.45) is 1.17. The number of hydrogen-bond acceptors (Lipinski definition) is 2. The molecule has 17 heavy (non-hydrogen) atoms. The number of likely N-dealkylation sites (N-methyl/N-ethyl adjacent to an activating group) is 1. The molecular formula is C14H23BrN2. The monoisotopic (exact) mass is 298 g/mol. The van der Waals surface area contributed by atoms with Gasteiger partial charge in [0.2, 0.25) is 0 Å². The van der Waals surface area contributed by atoms with Gasteiger partial charge >= 0.3 is 0 Å². The van der Waals surface area contributed by atoms with Gasteiger partial charge in [-0.2, -0.15) is 0 Å². The molecule has 0 aliphatic carbocycles. The lowest BCUT2D eigenvalue weighted by Gasteiger charge is -2.34. The van der Waals surface area contributed by atoms with Crippen LogP contribution in [0.25, 0.3) is 0 Å². The van der Waals surface area contributed by atoms with Gasteiger partial charge in [-0.25, -0.2) is 0 Å². The van der Waals surface area contributed by atoms with Crippen molar-refractivity contribution in [3.63, 3.8) is 0 Å². The fourth-order valence-electron chi connectivity index (χ4n) is 1.54. The molecule has 3 heteroatoms. The van der Waals surface area contributed by atoms with Gasteiger partial charge in [0.05, 0.1) is 0 Å². The molecule has 0 aromatic heterocycles. The van der Waals surface area contributed by atoms with E-state index >= 15 is 0 Å². The lowest BCUT2D eigenvalue weighted by Crippen LogP contribution is -2.42. The van der Waals surface area contributed by atoms with Gasteiger partial charge in [-0.1, -0.05) is 19.1 Å². The Balaban J connectivity index is 2.41. The average Bonchev–Trinajstić information content (AvgIpc) is 2.31. The third-order valence-corrected chi connectivity index (χ3v) is 4.23. The van der Waals surface area contributed by atoms with Gasteiger partial charge in [-0.15, -0.1) is 0 Å². The lowest BCUT2D eigenvalue weighted by molar-refractivity contribution is 0.157. The zero-order valence-electron chi connectivity index (χ0n) is 11.3. The normalized spacial score (nSPS) is 11.9. The number of hydrogen-bond donors (Lipinski definition) is 1. The van der Waals surface area contributed by atoms with Crippen molar-refractivity contribution in [1.82, 2.24) is 4.90 Å². The van der Waals surface area contributed by atoms with Gasteiger partial charge < -0.3 is 5.32 Å². The Morgan fingerprint density at radius 1 is 1.29 bits per heavy atom. The van der Waals surface area contributed by atoms with E-state index in [0.29, 0.717) is 0 Å². The Morgan fingerprint density at radius 3 is 2.53 bits per heavy atom. The Bertz CT molecular complexity index is 350. The summed E-state index contributed by atoms with van der Waals surface area (Å²) in [6.45, 7) is 8.80. The molecular weight excluding hydrogens is 276 g/mol. The van der Waals surface area contributed by atoms with Gasteiger partial charge in [0.25, 0.3) is 0 Å². The highest BCUT2D eigenvalue weighted by atomic mass is 79.9. The summed E-state index contributed by atoms with van der Waals surface area (Å²) in [6, 6.07) is 8.23. The van der Waals surface area contributed by atoms with Gasteiger partial charge in [-0.3, -0.25) is 4.90 Å². The molecule has 0 heterocycles. The Labute approximate surface area is 114 Å². The molecule has 1 aromatic carbocycles. The van der Waals surface area contributed by atoms with Gasteiger partial charge in [0.1, 0.15) is 0 Å². The van der Waals surface area contributed by atoms with E-state index in [9.17, 15) is 0 Å².